The number of carbonyl (C=O) groups is 1. The van der Waals surface area contributed by atoms with Crippen molar-refractivity contribution in [1.82, 2.24) is 5.32 Å². The summed E-state index contributed by atoms with van der Waals surface area (Å²) >= 11 is 0. The lowest BCUT2D eigenvalue weighted by atomic mass is 9.87. The van der Waals surface area contributed by atoms with Crippen molar-refractivity contribution < 1.29 is 23.4 Å². The molecule has 0 spiro atoms. The van der Waals surface area contributed by atoms with Crippen molar-refractivity contribution in [2.24, 2.45) is 5.41 Å². The third-order valence-corrected chi connectivity index (χ3v) is 3.34. The first-order chi connectivity index (χ1) is 10.1. The molecule has 0 fully saturated rings. The van der Waals surface area contributed by atoms with E-state index in [9.17, 15) is 18.7 Å². The first kappa shape index (κ1) is 18.4. The number of aliphatic hydroxyl groups is 1. The molecule has 124 valence electrons. The molecule has 1 rings (SSSR count). The number of carbonyl (C=O) groups excluding carboxylic acids is 1. The summed E-state index contributed by atoms with van der Waals surface area (Å²) in [4.78, 5) is 11.9. The average molecular weight is 315 g/mol. The quantitative estimate of drug-likeness (QED) is 0.847. The molecule has 0 aromatic heterocycles. The van der Waals surface area contributed by atoms with Gasteiger partial charge in [-0.3, -0.25) is 4.79 Å². The largest absolute Gasteiger partial charge is 0.435 e. The highest BCUT2D eigenvalue weighted by Gasteiger charge is 2.25. The third kappa shape index (κ3) is 5.97. The van der Waals surface area contributed by atoms with E-state index in [0.29, 0.717) is 5.56 Å². The number of rotatable bonds is 6. The number of halogens is 2. The zero-order chi connectivity index (χ0) is 16.9. The van der Waals surface area contributed by atoms with Crippen LogP contribution in [0.1, 0.15) is 45.7 Å². The van der Waals surface area contributed by atoms with Crippen LogP contribution in [0.15, 0.2) is 24.3 Å². The van der Waals surface area contributed by atoms with Gasteiger partial charge in [0.2, 0.25) is 5.91 Å². The fraction of sp³-hybridized carbons (Fsp3) is 0.562. The summed E-state index contributed by atoms with van der Waals surface area (Å²) in [5.74, 6) is -0.251. The van der Waals surface area contributed by atoms with E-state index in [2.05, 4.69) is 10.1 Å². The fourth-order valence-corrected chi connectivity index (χ4v) is 1.83. The molecule has 1 aromatic rings. The van der Waals surface area contributed by atoms with Crippen LogP contribution in [0.2, 0.25) is 0 Å². The number of benzene rings is 1. The SMILES string of the molecule is C[C@H](NC(=O)C[C@@H](O)C(C)(C)C)c1cccc(OC(F)F)c1. The lowest BCUT2D eigenvalue weighted by molar-refractivity contribution is -0.125. The van der Waals surface area contributed by atoms with Gasteiger partial charge in [-0.2, -0.15) is 8.78 Å². The molecule has 0 bridgehead atoms. The maximum atomic E-state index is 12.2. The van der Waals surface area contributed by atoms with Crippen molar-refractivity contribution in [2.45, 2.75) is 52.9 Å². The van der Waals surface area contributed by atoms with Crippen LogP contribution in [0.3, 0.4) is 0 Å². The van der Waals surface area contributed by atoms with Gasteiger partial charge in [0.1, 0.15) is 5.75 Å². The van der Waals surface area contributed by atoms with Crippen molar-refractivity contribution in [1.29, 1.82) is 0 Å². The van der Waals surface area contributed by atoms with Crippen LogP contribution < -0.4 is 10.1 Å². The number of hydrogen-bond donors (Lipinski definition) is 2. The first-order valence-electron chi connectivity index (χ1n) is 7.12. The number of hydrogen-bond acceptors (Lipinski definition) is 3. The molecule has 22 heavy (non-hydrogen) atoms. The molecule has 1 amide bonds. The Bertz CT molecular complexity index is 500. The summed E-state index contributed by atoms with van der Waals surface area (Å²) in [6, 6.07) is 5.80. The minimum atomic E-state index is -2.89. The molecule has 0 aliphatic heterocycles. The Morgan fingerprint density at radius 2 is 2.00 bits per heavy atom. The Morgan fingerprint density at radius 1 is 1.36 bits per heavy atom. The predicted octanol–water partition coefficient (Wildman–Crippen LogP) is 3.26. The molecule has 0 saturated heterocycles. The topological polar surface area (TPSA) is 58.6 Å². The molecule has 0 aliphatic carbocycles. The minimum Gasteiger partial charge on any atom is -0.435 e. The van der Waals surface area contributed by atoms with Gasteiger partial charge in [-0.15, -0.1) is 0 Å². The number of alkyl halides is 2. The van der Waals surface area contributed by atoms with E-state index in [0.717, 1.165) is 0 Å². The van der Waals surface area contributed by atoms with E-state index in [4.69, 9.17) is 0 Å². The molecular formula is C16H23F2NO3. The van der Waals surface area contributed by atoms with Gasteiger partial charge in [0.05, 0.1) is 18.6 Å². The van der Waals surface area contributed by atoms with Crippen LogP contribution in [-0.4, -0.2) is 23.7 Å². The second-order valence-corrected chi connectivity index (χ2v) is 6.33. The summed E-state index contributed by atoms with van der Waals surface area (Å²) in [6.07, 6.45) is -0.769. The number of aliphatic hydroxyl groups excluding tert-OH is 1. The zero-order valence-electron chi connectivity index (χ0n) is 13.3. The Kier molecular flexibility index (Phi) is 6.29. The van der Waals surface area contributed by atoms with Gasteiger partial charge in [0.15, 0.2) is 0 Å². The van der Waals surface area contributed by atoms with Gasteiger partial charge in [0, 0.05) is 0 Å². The normalized spacial score (nSPS) is 14.5. The van der Waals surface area contributed by atoms with Crippen molar-refractivity contribution in [3.8, 4) is 5.75 Å². The Hall–Kier alpha value is -1.69. The standard InChI is InChI=1S/C16H23F2NO3/c1-10(19-14(21)9-13(20)16(2,3)4)11-6-5-7-12(8-11)22-15(17)18/h5-8,10,13,15,20H,9H2,1-4H3,(H,19,21)/t10-,13+/m0/s1. The summed E-state index contributed by atoms with van der Waals surface area (Å²) < 4.78 is 28.7. The van der Waals surface area contributed by atoms with E-state index in [1.165, 1.54) is 12.1 Å². The minimum absolute atomic E-state index is 0.0128. The van der Waals surface area contributed by atoms with Crippen LogP contribution >= 0.6 is 0 Å². The first-order valence-corrected chi connectivity index (χ1v) is 7.12. The van der Waals surface area contributed by atoms with Crippen molar-refractivity contribution in [3.63, 3.8) is 0 Å². The molecule has 2 atom stereocenters. The number of nitrogens with one attached hydrogen (secondary N) is 1. The molecular weight excluding hydrogens is 292 g/mol. The lowest BCUT2D eigenvalue weighted by Gasteiger charge is -2.26. The summed E-state index contributed by atoms with van der Waals surface area (Å²) in [5.41, 5.74) is 0.266. The van der Waals surface area contributed by atoms with E-state index in [1.807, 2.05) is 20.8 Å². The van der Waals surface area contributed by atoms with E-state index < -0.39 is 12.7 Å². The number of ether oxygens (including phenoxy) is 1. The van der Waals surface area contributed by atoms with Crippen LogP contribution in [0.25, 0.3) is 0 Å². The molecule has 1 aromatic carbocycles. The second-order valence-electron chi connectivity index (χ2n) is 6.33. The Morgan fingerprint density at radius 3 is 2.55 bits per heavy atom. The highest BCUT2D eigenvalue weighted by molar-refractivity contribution is 5.77. The lowest BCUT2D eigenvalue weighted by Crippen LogP contribution is -2.35. The molecule has 2 N–H and O–H groups in total. The molecule has 0 aliphatic rings. The monoisotopic (exact) mass is 315 g/mol. The second kappa shape index (κ2) is 7.54. The third-order valence-electron chi connectivity index (χ3n) is 3.34. The van der Waals surface area contributed by atoms with Gasteiger partial charge in [-0.05, 0) is 30.0 Å². The van der Waals surface area contributed by atoms with Gasteiger partial charge in [-0.25, -0.2) is 0 Å². The van der Waals surface area contributed by atoms with E-state index >= 15 is 0 Å². The number of amides is 1. The Labute approximate surface area is 129 Å². The Balaban J connectivity index is 2.65. The van der Waals surface area contributed by atoms with E-state index in [-0.39, 0.29) is 29.5 Å². The average Bonchev–Trinajstić information content (AvgIpc) is 2.36. The van der Waals surface area contributed by atoms with Crippen LogP contribution in [0.4, 0.5) is 8.78 Å². The highest BCUT2D eigenvalue weighted by atomic mass is 19.3. The van der Waals surface area contributed by atoms with Crippen molar-refractivity contribution in [3.05, 3.63) is 29.8 Å². The van der Waals surface area contributed by atoms with Gasteiger partial charge < -0.3 is 15.2 Å². The molecule has 6 heteroatoms. The van der Waals surface area contributed by atoms with Crippen LogP contribution in [-0.2, 0) is 4.79 Å². The molecule has 0 unspecified atom stereocenters. The maximum absolute atomic E-state index is 12.2. The van der Waals surface area contributed by atoms with Gasteiger partial charge in [-0.1, -0.05) is 32.9 Å². The van der Waals surface area contributed by atoms with Gasteiger partial charge in [0.25, 0.3) is 0 Å². The predicted molar refractivity (Wildman–Crippen MR) is 79.7 cm³/mol. The molecule has 4 nitrogen and oxygen atoms in total. The van der Waals surface area contributed by atoms with Gasteiger partial charge >= 0.3 is 6.61 Å². The smallest absolute Gasteiger partial charge is 0.387 e. The van der Waals surface area contributed by atoms with Crippen LogP contribution in [0, 0.1) is 5.41 Å². The zero-order valence-corrected chi connectivity index (χ0v) is 13.3. The molecule has 0 saturated carbocycles. The summed E-state index contributed by atoms with van der Waals surface area (Å²) in [7, 11) is 0. The maximum Gasteiger partial charge on any atom is 0.387 e. The van der Waals surface area contributed by atoms with Crippen molar-refractivity contribution >= 4 is 5.91 Å². The highest BCUT2D eigenvalue weighted by Crippen LogP contribution is 2.23. The van der Waals surface area contributed by atoms with E-state index in [1.54, 1.807) is 19.1 Å². The van der Waals surface area contributed by atoms with Crippen molar-refractivity contribution in [2.75, 3.05) is 0 Å². The summed E-state index contributed by atoms with van der Waals surface area (Å²) in [6.45, 7) is 4.39. The molecule has 0 radical (unpaired) electrons. The van der Waals surface area contributed by atoms with Crippen LogP contribution in [0.5, 0.6) is 5.75 Å². The molecule has 0 heterocycles. The summed E-state index contributed by atoms with van der Waals surface area (Å²) in [5, 5.41) is 12.7. The fourth-order valence-electron chi connectivity index (χ4n) is 1.83.